The lowest BCUT2D eigenvalue weighted by Gasteiger charge is -2.28. The van der Waals surface area contributed by atoms with Gasteiger partial charge >= 0.3 is 0 Å². The smallest absolute Gasteiger partial charge is 0.249 e. The molecule has 1 fully saturated rings. The number of aryl methyl sites for hydroxylation is 1. The molecule has 0 radical (unpaired) electrons. The number of carbonyl (C=O) groups is 1. The van der Waals surface area contributed by atoms with Gasteiger partial charge < -0.3 is 19.5 Å². The van der Waals surface area contributed by atoms with Gasteiger partial charge in [-0.1, -0.05) is 18.2 Å². The molecule has 1 saturated heterocycles. The lowest BCUT2D eigenvalue weighted by molar-refractivity contribution is -0.111. The fraction of sp³-hybridized carbons (Fsp3) is 0.227. The Morgan fingerprint density at radius 2 is 1.81 bits per heavy atom. The van der Waals surface area contributed by atoms with E-state index in [0.717, 1.165) is 43.2 Å². The highest BCUT2D eigenvalue weighted by Crippen LogP contribution is 2.21. The molecule has 3 aromatic rings. The first-order valence-electron chi connectivity index (χ1n) is 9.19. The molecule has 0 aliphatic carbocycles. The topological polar surface area (TPSA) is 46.5 Å². The highest BCUT2D eigenvalue weighted by atomic mass is 16.5. The van der Waals surface area contributed by atoms with Gasteiger partial charge in [-0.3, -0.25) is 4.79 Å². The molecule has 5 heteroatoms. The number of fused-ring (bicyclic) bond motifs is 1. The zero-order valence-corrected chi connectivity index (χ0v) is 15.4. The molecular weight excluding hydrogens is 338 g/mol. The number of para-hydroxylation sites is 1. The summed E-state index contributed by atoms with van der Waals surface area (Å²) in [7, 11) is 0. The van der Waals surface area contributed by atoms with Crippen LogP contribution in [0.1, 0.15) is 5.56 Å². The Morgan fingerprint density at radius 1 is 1.07 bits per heavy atom. The van der Waals surface area contributed by atoms with Crippen molar-refractivity contribution in [2.24, 2.45) is 0 Å². The molecule has 4 rings (SSSR count). The van der Waals surface area contributed by atoms with Gasteiger partial charge in [0.1, 0.15) is 0 Å². The second-order valence-corrected chi connectivity index (χ2v) is 6.69. The predicted octanol–water partition coefficient (Wildman–Crippen LogP) is 3.90. The number of aromatic nitrogens is 1. The van der Waals surface area contributed by atoms with Gasteiger partial charge in [0, 0.05) is 48.3 Å². The van der Waals surface area contributed by atoms with Gasteiger partial charge in [-0.15, -0.1) is 0 Å². The van der Waals surface area contributed by atoms with E-state index in [2.05, 4.69) is 29.3 Å². The van der Waals surface area contributed by atoms with Gasteiger partial charge in [-0.05, 0) is 42.8 Å². The van der Waals surface area contributed by atoms with E-state index in [1.54, 1.807) is 12.3 Å². The summed E-state index contributed by atoms with van der Waals surface area (Å²) in [6.07, 6.45) is 5.39. The monoisotopic (exact) mass is 361 g/mol. The number of ether oxygens (including phenoxy) is 1. The van der Waals surface area contributed by atoms with Gasteiger partial charge in [0.25, 0.3) is 0 Å². The lowest BCUT2D eigenvalue weighted by Crippen LogP contribution is -2.36. The van der Waals surface area contributed by atoms with Crippen LogP contribution < -0.4 is 10.2 Å². The van der Waals surface area contributed by atoms with Crippen molar-refractivity contribution in [3.05, 3.63) is 66.4 Å². The molecule has 0 atom stereocenters. The summed E-state index contributed by atoms with van der Waals surface area (Å²) in [5.74, 6) is -0.149. The Bertz CT molecular complexity index is 967. The zero-order valence-electron chi connectivity index (χ0n) is 15.4. The van der Waals surface area contributed by atoms with Crippen molar-refractivity contribution in [2.45, 2.75) is 6.92 Å². The Labute approximate surface area is 158 Å². The largest absolute Gasteiger partial charge is 0.378 e. The fourth-order valence-corrected chi connectivity index (χ4v) is 3.41. The number of morpholine rings is 1. The molecule has 1 aromatic heterocycles. The van der Waals surface area contributed by atoms with E-state index in [1.165, 1.54) is 10.9 Å². The van der Waals surface area contributed by atoms with Crippen LogP contribution in [-0.4, -0.2) is 36.8 Å². The number of anilines is 2. The number of carbonyl (C=O) groups excluding carboxylic acids is 1. The van der Waals surface area contributed by atoms with Crippen LogP contribution in [0.3, 0.4) is 0 Å². The van der Waals surface area contributed by atoms with Crippen molar-refractivity contribution in [3.8, 4) is 0 Å². The molecule has 1 amide bonds. The summed E-state index contributed by atoms with van der Waals surface area (Å²) in [5, 5.41) is 4.11. The SMILES string of the molecule is Cc1cn(C=CC(=O)Nc2ccc(N3CCOCC3)cc2)c2ccccc12. The molecule has 27 heavy (non-hydrogen) atoms. The molecular formula is C22H23N3O2. The van der Waals surface area contributed by atoms with Crippen molar-refractivity contribution in [2.75, 3.05) is 36.5 Å². The minimum Gasteiger partial charge on any atom is -0.378 e. The molecule has 2 heterocycles. The minimum atomic E-state index is -0.149. The summed E-state index contributed by atoms with van der Waals surface area (Å²) in [6, 6.07) is 16.1. The first kappa shape index (κ1) is 17.4. The van der Waals surface area contributed by atoms with Crippen LogP contribution in [0, 0.1) is 6.92 Å². The van der Waals surface area contributed by atoms with Crippen LogP contribution in [0.4, 0.5) is 11.4 Å². The highest BCUT2D eigenvalue weighted by Gasteiger charge is 2.11. The Kier molecular flexibility index (Phi) is 4.94. The van der Waals surface area contributed by atoms with Crippen LogP contribution in [0.25, 0.3) is 17.1 Å². The number of amides is 1. The highest BCUT2D eigenvalue weighted by molar-refractivity contribution is 6.01. The van der Waals surface area contributed by atoms with Crippen molar-refractivity contribution >= 4 is 34.4 Å². The maximum absolute atomic E-state index is 12.3. The quantitative estimate of drug-likeness (QED) is 0.717. The lowest BCUT2D eigenvalue weighted by atomic mass is 10.2. The second-order valence-electron chi connectivity index (χ2n) is 6.69. The van der Waals surface area contributed by atoms with Gasteiger partial charge in [-0.25, -0.2) is 0 Å². The van der Waals surface area contributed by atoms with Crippen LogP contribution in [0.5, 0.6) is 0 Å². The minimum absolute atomic E-state index is 0.149. The van der Waals surface area contributed by atoms with E-state index in [1.807, 2.05) is 47.2 Å². The van der Waals surface area contributed by atoms with Crippen molar-refractivity contribution < 1.29 is 9.53 Å². The third-order valence-electron chi connectivity index (χ3n) is 4.84. The molecule has 1 aliphatic rings. The average molecular weight is 361 g/mol. The number of rotatable bonds is 4. The summed E-state index contributed by atoms with van der Waals surface area (Å²) < 4.78 is 7.36. The predicted molar refractivity (Wildman–Crippen MR) is 110 cm³/mol. The summed E-state index contributed by atoms with van der Waals surface area (Å²) in [4.78, 5) is 14.6. The number of hydrogen-bond acceptors (Lipinski definition) is 3. The van der Waals surface area contributed by atoms with E-state index >= 15 is 0 Å². The van der Waals surface area contributed by atoms with Crippen LogP contribution >= 0.6 is 0 Å². The van der Waals surface area contributed by atoms with Crippen LogP contribution in [-0.2, 0) is 9.53 Å². The van der Waals surface area contributed by atoms with Crippen molar-refractivity contribution in [1.82, 2.24) is 4.57 Å². The van der Waals surface area contributed by atoms with Gasteiger partial charge in [0.2, 0.25) is 5.91 Å². The average Bonchev–Trinajstić information content (AvgIpc) is 3.04. The molecule has 0 saturated carbocycles. The number of nitrogens with one attached hydrogen (secondary N) is 1. The van der Waals surface area contributed by atoms with E-state index in [9.17, 15) is 4.79 Å². The Balaban J connectivity index is 1.42. The normalized spacial score (nSPS) is 14.8. The van der Waals surface area contributed by atoms with E-state index in [4.69, 9.17) is 4.74 Å². The fourth-order valence-electron chi connectivity index (χ4n) is 3.41. The van der Waals surface area contributed by atoms with E-state index in [0.29, 0.717) is 0 Å². The van der Waals surface area contributed by atoms with Crippen LogP contribution in [0.2, 0.25) is 0 Å². The summed E-state index contributed by atoms with van der Waals surface area (Å²) in [5.41, 5.74) is 4.22. The maximum atomic E-state index is 12.3. The summed E-state index contributed by atoms with van der Waals surface area (Å²) >= 11 is 0. The van der Waals surface area contributed by atoms with Gasteiger partial charge in [0.05, 0.1) is 18.7 Å². The molecule has 138 valence electrons. The standard InChI is InChI=1S/C22H23N3O2/c1-17-16-25(21-5-3-2-4-20(17)21)11-10-22(26)23-18-6-8-19(9-7-18)24-12-14-27-15-13-24/h2-11,16H,12-15H2,1H3,(H,23,26). The molecule has 1 N–H and O–H groups in total. The van der Waals surface area contributed by atoms with E-state index < -0.39 is 0 Å². The molecule has 2 aromatic carbocycles. The molecule has 0 bridgehead atoms. The van der Waals surface area contributed by atoms with Crippen LogP contribution in [0.15, 0.2) is 60.8 Å². The second kappa shape index (κ2) is 7.68. The van der Waals surface area contributed by atoms with E-state index in [-0.39, 0.29) is 5.91 Å². The first-order chi connectivity index (χ1) is 13.2. The third-order valence-corrected chi connectivity index (χ3v) is 4.84. The number of benzene rings is 2. The van der Waals surface area contributed by atoms with Gasteiger partial charge in [0.15, 0.2) is 0 Å². The molecule has 1 aliphatic heterocycles. The molecule has 5 nitrogen and oxygen atoms in total. The zero-order chi connectivity index (χ0) is 18.6. The van der Waals surface area contributed by atoms with Crippen molar-refractivity contribution in [3.63, 3.8) is 0 Å². The molecule has 0 spiro atoms. The Hall–Kier alpha value is -3.05. The Morgan fingerprint density at radius 3 is 2.59 bits per heavy atom. The molecule has 0 unspecified atom stereocenters. The first-order valence-corrected chi connectivity index (χ1v) is 9.19. The third kappa shape index (κ3) is 3.88. The summed E-state index contributed by atoms with van der Waals surface area (Å²) in [6.45, 7) is 5.40. The number of hydrogen-bond donors (Lipinski definition) is 1. The number of nitrogens with zero attached hydrogens (tertiary/aromatic N) is 2. The van der Waals surface area contributed by atoms with Gasteiger partial charge in [-0.2, -0.15) is 0 Å². The maximum Gasteiger partial charge on any atom is 0.249 e. The van der Waals surface area contributed by atoms with Crippen molar-refractivity contribution in [1.29, 1.82) is 0 Å².